The van der Waals surface area contributed by atoms with E-state index in [-0.39, 0.29) is 11.5 Å². The van der Waals surface area contributed by atoms with Gasteiger partial charge in [-0.1, -0.05) is 34.1 Å². The first-order chi connectivity index (χ1) is 8.10. The molecule has 0 aromatic carbocycles. The fourth-order valence-corrected chi connectivity index (χ4v) is 2.72. The molecule has 0 aliphatic heterocycles. The van der Waals surface area contributed by atoms with Gasteiger partial charge in [0.2, 0.25) is 0 Å². The standard InChI is InChI=1S/C14H29NO2/c1-6-11-14(7-2,15(8-3)9-4)12-13(16)17-10-5/h6-12H2,1-5H3. The van der Waals surface area contributed by atoms with Gasteiger partial charge in [0.1, 0.15) is 0 Å². The summed E-state index contributed by atoms with van der Waals surface area (Å²) >= 11 is 0. The summed E-state index contributed by atoms with van der Waals surface area (Å²) in [5.74, 6) is -0.0605. The van der Waals surface area contributed by atoms with E-state index in [1.54, 1.807) is 0 Å². The van der Waals surface area contributed by atoms with Crippen LogP contribution in [0.2, 0.25) is 0 Å². The van der Waals surface area contributed by atoms with Crippen LogP contribution >= 0.6 is 0 Å². The average molecular weight is 243 g/mol. The minimum Gasteiger partial charge on any atom is -0.466 e. The number of hydrogen-bond acceptors (Lipinski definition) is 3. The third kappa shape index (κ3) is 4.66. The van der Waals surface area contributed by atoms with Gasteiger partial charge < -0.3 is 4.74 Å². The summed E-state index contributed by atoms with van der Waals surface area (Å²) < 4.78 is 5.12. The number of esters is 1. The molecule has 1 atom stereocenters. The summed E-state index contributed by atoms with van der Waals surface area (Å²) in [6.45, 7) is 13.0. The molecule has 0 radical (unpaired) electrons. The van der Waals surface area contributed by atoms with E-state index in [9.17, 15) is 4.79 Å². The fourth-order valence-electron chi connectivity index (χ4n) is 2.72. The van der Waals surface area contributed by atoms with Crippen molar-refractivity contribution < 1.29 is 9.53 Å². The lowest BCUT2D eigenvalue weighted by Gasteiger charge is -2.42. The van der Waals surface area contributed by atoms with Crippen molar-refractivity contribution in [3.8, 4) is 0 Å². The van der Waals surface area contributed by atoms with Crippen LogP contribution in [0.25, 0.3) is 0 Å². The molecule has 17 heavy (non-hydrogen) atoms. The first-order valence-corrected chi connectivity index (χ1v) is 7.00. The Kier molecular flexibility index (Phi) is 8.23. The lowest BCUT2D eigenvalue weighted by molar-refractivity contribution is -0.147. The quantitative estimate of drug-likeness (QED) is 0.582. The zero-order valence-electron chi connectivity index (χ0n) is 12.2. The molecule has 0 spiro atoms. The van der Waals surface area contributed by atoms with Gasteiger partial charge in [-0.3, -0.25) is 9.69 Å². The molecule has 0 fully saturated rings. The Morgan fingerprint density at radius 2 is 1.71 bits per heavy atom. The maximum atomic E-state index is 11.8. The van der Waals surface area contributed by atoms with Crippen molar-refractivity contribution in [2.45, 2.75) is 65.8 Å². The van der Waals surface area contributed by atoms with Crippen molar-refractivity contribution in [1.29, 1.82) is 0 Å². The average Bonchev–Trinajstić information content (AvgIpc) is 2.30. The SMILES string of the molecule is CCCC(CC)(CC(=O)OCC)N(CC)CC. The summed E-state index contributed by atoms with van der Waals surface area (Å²) in [7, 11) is 0. The van der Waals surface area contributed by atoms with Gasteiger partial charge in [0.15, 0.2) is 0 Å². The van der Waals surface area contributed by atoms with Crippen molar-refractivity contribution in [2.75, 3.05) is 19.7 Å². The third-order valence-corrected chi connectivity index (χ3v) is 3.59. The van der Waals surface area contributed by atoms with E-state index in [2.05, 4.69) is 32.6 Å². The Morgan fingerprint density at radius 1 is 1.12 bits per heavy atom. The van der Waals surface area contributed by atoms with Gasteiger partial charge in [-0.15, -0.1) is 0 Å². The van der Waals surface area contributed by atoms with E-state index < -0.39 is 0 Å². The maximum absolute atomic E-state index is 11.8. The first-order valence-electron chi connectivity index (χ1n) is 7.00. The molecule has 0 saturated heterocycles. The Bertz CT molecular complexity index is 214. The highest BCUT2D eigenvalue weighted by Gasteiger charge is 2.35. The Balaban J connectivity index is 4.85. The van der Waals surface area contributed by atoms with Gasteiger partial charge >= 0.3 is 5.97 Å². The molecule has 0 saturated carbocycles. The molecular formula is C14H29NO2. The Morgan fingerprint density at radius 3 is 2.06 bits per heavy atom. The molecule has 3 heteroatoms. The van der Waals surface area contributed by atoms with E-state index in [1.807, 2.05) is 6.92 Å². The zero-order chi connectivity index (χ0) is 13.3. The summed E-state index contributed by atoms with van der Waals surface area (Å²) in [5.41, 5.74) is -0.00942. The molecule has 0 aliphatic carbocycles. The maximum Gasteiger partial charge on any atom is 0.307 e. The van der Waals surface area contributed by atoms with Gasteiger partial charge in [-0.05, 0) is 32.9 Å². The molecule has 0 amide bonds. The zero-order valence-corrected chi connectivity index (χ0v) is 12.2. The summed E-state index contributed by atoms with van der Waals surface area (Å²) in [6.07, 6.45) is 3.68. The van der Waals surface area contributed by atoms with Crippen molar-refractivity contribution in [3.63, 3.8) is 0 Å². The van der Waals surface area contributed by atoms with Crippen molar-refractivity contribution in [2.24, 2.45) is 0 Å². The monoisotopic (exact) mass is 243 g/mol. The summed E-state index contributed by atoms with van der Waals surface area (Å²) in [5, 5.41) is 0. The second-order valence-corrected chi connectivity index (χ2v) is 4.48. The number of carbonyl (C=O) groups is 1. The van der Waals surface area contributed by atoms with E-state index in [0.29, 0.717) is 13.0 Å². The minimum absolute atomic E-state index is 0.00942. The molecule has 1 unspecified atom stereocenters. The van der Waals surface area contributed by atoms with E-state index in [4.69, 9.17) is 4.74 Å². The van der Waals surface area contributed by atoms with Crippen LogP contribution in [0.15, 0.2) is 0 Å². The summed E-state index contributed by atoms with van der Waals surface area (Å²) in [6, 6.07) is 0. The van der Waals surface area contributed by atoms with Crippen LogP contribution in [0.5, 0.6) is 0 Å². The highest BCUT2D eigenvalue weighted by molar-refractivity contribution is 5.70. The Labute approximate surface area is 107 Å². The van der Waals surface area contributed by atoms with E-state index in [0.717, 1.165) is 32.4 Å². The Hall–Kier alpha value is -0.570. The van der Waals surface area contributed by atoms with E-state index in [1.165, 1.54) is 0 Å². The summed E-state index contributed by atoms with van der Waals surface area (Å²) in [4.78, 5) is 14.2. The molecule has 0 bridgehead atoms. The normalized spacial score (nSPS) is 14.7. The molecule has 0 aromatic heterocycles. The van der Waals surface area contributed by atoms with Gasteiger partial charge in [-0.2, -0.15) is 0 Å². The van der Waals surface area contributed by atoms with Crippen LogP contribution in [0.3, 0.4) is 0 Å². The number of hydrogen-bond donors (Lipinski definition) is 0. The van der Waals surface area contributed by atoms with E-state index >= 15 is 0 Å². The van der Waals surface area contributed by atoms with Crippen LogP contribution in [0, 0.1) is 0 Å². The molecule has 102 valence electrons. The molecule has 3 nitrogen and oxygen atoms in total. The van der Waals surface area contributed by atoms with Crippen LogP contribution in [-0.4, -0.2) is 36.1 Å². The lowest BCUT2D eigenvalue weighted by atomic mass is 9.85. The van der Waals surface area contributed by atoms with Crippen LogP contribution in [0.1, 0.15) is 60.3 Å². The molecule has 0 rings (SSSR count). The number of carbonyl (C=O) groups excluding carboxylic acids is 1. The van der Waals surface area contributed by atoms with Crippen LogP contribution < -0.4 is 0 Å². The predicted octanol–water partition coefficient (Wildman–Crippen LogP) is 3.23. The van der Waals surface area contributed by atoms with Crippen LogP contribution in [0.4, 0.5) is 0 Å². The topological polar surface area (TPSA) is 29.5 Å². The second-order valence-electron chi connectivity index (χ2n) is 4.48. The first kappa shape index (κ1) is 16.4. The lowest BCUT2D eigenvalue weighted by Crippen LogP contribution is -2.49. The highest BCUT2D eigenvalue weighted by atomic mass is 16.5. The number of nitrogens with zero attached hydrogens (tertiary/aromatic N) is 1. The fraction of sp³-hybridized carbons (Fsp3) is 0.929. The van der Waals surface area contributed by atoms with Crippen LogP contribution in [-0.2, 0) is 9.53 Å². The second kappa shape index (κ2) is 8.51. The smallest absolute Gasteiger partial charge is 0.307 e. The van der Waals surface area contributed by atoms with Crippen molar-refractivity contribution in [1.82, 2.24) is 4.90 Å². The highest BCUT2D eigenvalue weighted by Crippen LogP contribution is 2.29. The minimum atomic E-state index is -0.0605. The molecular weight excluding hydrogens is 214 g/mol. The van der Waals surface area contributed by atoms with Crippen molar-refractivity contribution >= 4 is 5.97 Å². The number of rotatable bonds is 9. The molecule has 0 aliphatic rings. The van der Waals surface area contributed by atoms with Gasteiger partial charge in [0.05, 0.1) is 13.0 Å². The van der Waals surface area contributed by atoms with Crippen molar-refractivity contribution in [3.05, 3.63) is 0 Å². The molecule has 0 N–H and O–H groups in total. The predicted molar refractivity (Wildman–Crippen MR) is 72.1 cm³/mol. The molecule has 0 aromatic rings. The van der Waals surface area contributed by atoms with Gasteiger partial charge in [-0.25, -0.2) is 0 Å². The number of ether oxygens (including phenoxy) is 1. The van der Waals surface area contributed by atoms with Gasteiger partial charge in [0.25, 0.3) is 0 Å². The molecule has 0 heterocycles. The largest absolute Gasteiger partial charge is 0.466 e. The van der Waals surface area contributed by atoms with Gasteiger partial charge in [0, 0.05) is 5.54 Å². The third-order valence-electron chi connectivity index (χ3n) is 3.59.